The van der Waals surface area contributed by atoms with Crippen molar-refractivity contribution in [2.24, 2.45) is 5.92 Å². The number of nitrogens with one attached hydrogen (secondary N) is 1. The molecule has 20 heavy (non-hydrogen) atoms. The Labute approximate surface area is 115 Å². The Morgan fingerprint density at radius 3 is 2.55 bits per heavy atom. The first-order valence-electron chi connectivity index (χ1n) is 6.35. The fourth-order valence-electron chi connectivity index (χ4n) is 2.29. The van der Waals surface area contributed by atoms with Crippen LogP contribution < -0.4 is 5.32 Å². The summed E-state index contributed by atoms with van der Waals surface area (Å²) in [5.74, 6) is -1.87. The zero-order chi connectivity index (χ0) is 15.1. The van der Waals surface area contributed by atoms with Crippen LogP contribution in [0, 0.1) is 17.6 Å². The lowest BCUT2D eigenvalue weighted by molar-refractivity contribution is -0.131. The summed E-state index contributed by atoms with van der Waals surface area (Å²) in [5.41, 5.74) is -1.74. The summed E-state index contributed by atoms with van der Waals surface area (Å²) < 4.78 is 27.2. The van der Waals surface area contributed by atoms with Crippen molar-refractivity contribution in [1.82, 2.24) is 10.2 Å². The normalized spacial score (nSPS) is 22.6. The molecule has 0 aliphatic carbocycles. The predicted molar refractivity (Wildman–Crippen MR) is 68.8 cm³/mol. The molecule has 1 saturated heterocycles. The van der Waals surface area contributed by atoms with E-state index in [9.17, 15) is 18.4 Å². The third-order valence-corrected chi connectivity index (χ3v) is 3.29. The largest absolute Gasteiger partial charge is 0.325 e. The van der Waals surface area contributed by atoms with Crippen LogP contribution in [-0.4, -0.2) is 23.4 Å². The van der Waals surface area contributed by atoms with Crippen molar-refractivity contribution in [1.29, 1.82) is 0 Å². The molecule has 2 rings (SSSR count). The van der Waals surface area contributed by atoms with Crippen LogP contribution in [0.1, 0.15) is 26.3 Å². The summed E-state index contributed by atoms with van der Waals surface area (Å²) in [4.78, 5) is 25.3. The van der Waals surface area contributed by atoms with Crippen molar-refractivity contribution in [2.45, 2.75) is 26.3 Å². The van der Waals surface area contributed by atoms with Crippen molar-refractivity contribution >= 4 is 11.9 Å². The Morgan fingerprint density at radius 2 is 1.95 bits per heavy atom. The molecule has 0 aromatic heterocycles. The van der Waals surface area contributed by atoms with Crippen molar-refractivity contribution in [2.75, 3.05) is 6.54 Å². The molecule has 3 amide bonds. The average molecular weight is 282 g/mol. The first-order chi connectivity index (χ1) is 9.25. The molecule has 4 nitrogen and oxygen atoms in total. The number of imide groups is 1. The van der Waals surface area contributed by atoms with Gasteiger partial charge >= 0.3 is 6.03 Å². The van der Waals surface area contributed by atoms with Gasteiger partial charge in [-0.25, -0.2) is 13.6 Å². The second-order valence-corrected chi connectivity index (χ2v) is 5.49. The number of urea groups is 1. The van der Waals surface area contributed by atoms with Crippen LogP contribution in [0.2, 0.25) is 0 Å². The maximum atomic E-state index is 13.9. The van der Waals surface area contributed by atoms with Gasteiger partial charge in [-0.1, -0.05) is 13.8 Å². The highest BCUT2D eigenvalue weighted by atomic mass is 19.1. The van der Waals surface area contributed by atoms with E-state index in [1.165, 1.54) is 6.92 Å². The zero-order valence-corrected chi connectivity index (χ0v) is 11.5. The Morgan fingerprint density at radius 1 is 1.30 bits per heavy atom. The number of hydrogen-bond donors (Lipinski definition) is 1. The van der Waals surface area contributed by atoms with E-state index in [4.69, 9.17) is 0 Å². The highest BCUT2D eigenvalue weighted by Gasteiger charge is 2.50. The van der Waals surface area contributed by atoms with Crippen LogP contribution in [0.15, 0.2) is 18.2 Å². The minimum absolute atomic E-state index is 0.0874. The number of carbonyl (C=O) groups excluding carboxylic acids is 2. The number of amides is 3. The molecule has 0 unspecified atom stereocenters. The second-order valence-electron chi connectivity index (χ2n) is 5.49. The van der Waals surface area contributed by atoms with Gasteiger partial charge in [-0.05, 0) is 31.0 Å². The number of nitrogens with zero attached hydrogens (tertiary/aromatic N) is 1. The van der Waals surface area contributed by atoms with E-state index in [0.29, 0.717) is 0 Å². The molecular formula is C14H16F2N2O2. The van der Waals surface area contributed by atoms with Crippen molar-refractivity contribution < 1.29 is 18.4 Å². The van der Waals surface area contributed by atoms with E-state index in [0.717, 1.165) is 23.1 Å². The first kappa shape index (κ1) is 14.4. The molecule has 1 fully saturated rings. The summed E-state index contributed by atoms with van der Waals surface area (Å²) in [5, 5.41) is 2.45. The van der Waals surface area contributed by atoms with Gasteiger partial charge in [0.2, 0.25) is 0 Å². The molecule has 1 aromatic carbocycles. The summed E-state index contributed by atoms with van der Waals surface area (Å²) >= 11 is 0. The zero-order valence-electron chi connectivity index (χ0n) is 11.5. The SMILES string of the molecule is CC(C)CN1C(=O)N[C@](C)(c2cc(F)ccc2F)C1=O. The number of rotatable bonds is 3. The van der Waals surface area contributed by atoms with Crippen LogP contribution >= 0.6 is 0 Å². The summed E-state index contributed by atoms with van der Waals surface area (Å²) in [6.45, 7) is 5.33. The van der Waals surface area contributed by atoms with Crippen LogP contribution in [0.5, 0.6) is 0 Å². The summed E-state index contributed by atoms with van der Waals surface area (Å²) in [6.07, 6.45) is 0. The topological polar surface area (TPSA) is 49.4 Å². The molecule has 1 aliphatic rings. The molecule has 1 aliphatic heterocycles. The Balaban J connectivity index is 2.43. The van der Waals surface area contributed by atoms with Crippen molar-refractivity contribution in [3.63, 3.8) is 0 Å². The maximum absolute atomic E-state index is 13.9. The minimum atomic E-state index is -1.57. The van der Waals surface area contributed by atoms with Crippen LogP contribution in [0.25, 0.3) is 0 Å². The van der Waals surface area contributed by atoms with Gasteiger partial charge in [-0.3, -0.25) is 9.69 Å². The smallest absolute Gasteiger partial charge is 0.319 e. The quantitative estimate of drug-likeness (QED) is 0.865. The van der Waals surface area contributed by atoms with Gasteiger partial charge in [0, 0.05) is 12.1 Å². The first-order valence-corrected chi connectivity index (χ1v) is 6.35. The average Bonchev–Trinajstić information content (AvgIpc) is 2.56. The van der Waals surface area contributed by atoms with E-state index < -0.39 is 29.1 Å². The molecule has 1 aromatic rings. The van der Waals surface area contributed by atoms with E-state index in [-0.39, 0.29) is 18.0 Å². The summed E-state index contributed by atoms with van der Waals surface area (Å²) in [6, 6.07) is 2.26. The van der Waals surface area contributed by atoms with E-state index in [1.54, 1.807) is 0 Å². The standard InChI is InChI=1S/C14H16F2N2O2/c1-8(2)7-18-12(19)14(3,17-13(18)20)10-6-9(15)4-5-11(10)16/h4-6,8H,7H2,1-3H3,(H,17,20)/t14-/m1/s1. The fraction of sp³-hybridized carbons (Fsp3) is 0.429. The number of halogens is 2. The lowest BCUT2D eigenvalue weighted by atomic mass is 9.91. The molecule has 1 N–H and O–H groups in total. The van der Waals surface area contributed by atoms with Crippen LogP contribution in [0.4, 0.5) is 13.6 Å². The van der Waals surface area contributed by atoms with Gasteiger partial charge in [0.1, 0.15) is 17.2 Å². The van der Waals surface area contributed by atoms with E-state index in [2.05, 4.69) is 5.32 Å². The lowest BCUT2D eigenvalue weighted by Gasteiger charge is -2.23. The van der Waals surface area contributed by atoms with E-state index >= 15 is 0 Å². The fourth-order valence-corrected chi connectivity index (χ4v) is 2.29. The van der Waals surface area contributed by atoms with Gasteiger partial charge in [0.05, 0.1) is 0 Å². The van der Waals surface area contributed by atoms with Gasteiger partial charge in [0.15, 0.2) is 0 Å². The molecule has 1 atom stereocenters. The van der Waals surface area contributed by atoms with Crippen LogP contribution in [-0.2, 0) is 10.3 Å². The number of carbonyl (C=O) groups is 2. The van der Waals surface area contributed by atoms with Gasteiger partial charge < -0.3 is 5.32 Å². The molecule has 0 radical (unpaired) electrons. The lowest BCUT2D eigenvalue weighted by Crippen LogP contribution is -2.42. The minimum Gasteiger partial charge on any atom is -0.319 e. The molecule has 6 heteroatoms. The Bertz CT molecular complexity index is 574. The molecular weight excluding hydrogens is 266 g/mol. The van der Waals surface area contributed by atoms with Gasteiger partial charge in [-0.2, -0.15) is 0 Å². The highest BCUT2D eigenvalue weighted by molar-refractivity contribution is 6.07. The Kier molecular flexibility index (Phi) is 3.50. The molecule has 0 bridgehead atoms. The monoisotopic (exact) mass is 282 g/mol. The predicted octanol–water partition coefficient (Wildman–Crippen LogP) is 2.39. The van der Waals surface area contributed by atoms with Crippen molar-refractivity contribution in [3.8, 4) is 0 Å². The second kappa shape index (κ2) is 4.85. The van der Waals surface area contributed by atoms with E-state index in [1.807, 2.05) is 13.8 Å². The van der Waals surface area contributed by atoms with Gasteiger partial charge in [0.25, 0.3) is 5.91 Å². The summed E-state index contributed by atoms with van der Waals surface area (Å²) in [7, 11) is 0. The molecule has 0 saturated carbocycles. The van der Waals surface area contributed by atoms with Crippen LogP contribution in [0.3, 0.4) is 0 Å². The highest BCUT2D eigenvalue weighted by Crippen LogP contribution is 2.31. The Hall–Kier alpha value is -1.98. The van der Waals surface area contributed by atoms with Gasteiger partial charge in [-0.15, -0.1) is 0 Å². The molecule has 0 spiro atoms. The third kappa shape index (κ3) is 2.26. The molecule has 1 heterocycles. The number of hydrogen-bond acceptors (Lipinski definition) is 2. The third-order valence-electron chi connectivity index (χ3n) is 3.29. The maximum Gasteiger partial charge on any atom is 0.325 e. The number of benzene rings is 1. The van der Waals surface area contributed by atoms with Crippen molar-refractivity contribution in [3.05, 3.63) is 35.4 Å². The molecule has 108 valence electrons.